The third-order valence-corrected chi connectivity index (χ3v) is 4.68. The van der Waals surface area contributed by atoms with Crippen LogP contribution in [0.2, 0.25) is 0 Å². The van der Waals surface area contributed by atoms with Gasteiger partial charge in [0.25, 0.3) is 5.91 Å². The van der Waals surface area contributed by atoms with Crippen molar-refractivity contribution in [2.75, 3.05) is 26.2 Å². The molecular weight excluding hydrogens is 316 g/mol. The summed E-state index contributed by atoms with van der Waals surface area (Å²) in [5.74, 6) is 0.161. The standard InChI is InChI=1S/C19H26N4O2/c1-19(2,3)18(25)23-9-5-8-22(10-11-23)17(24)14-6-7-16-15(12-14)20-13-21(16)4/h6-7,12-13H,5,8-11H2,1-4H3. The average molecular weight is 342 g/mol. The number of imidazole rings is 1. The Labute approximate surface area is 148 Å². The highest BCUT2D eigenvalue weighted by atomic mass is 16.2. The highest BCUT2D eigenvalue weighted by molar-refractivity contribution is 5.97. The minimum Gasteiger partial charge on any atom is -0.340 e. The van der Waals surface area contributed by atoms with Crippen molar-refractivity contribution in [1.82, 2.24) is 19.4 Å². The lowest BCUT2D eigenvalue weighted by Gasteiger charge is -2.28. The fourth-order valence-electron chi connectivity index (χ4n) is 3.25. The van der Waals surface area contributed by atoms with Gasteiger partial charge in [-0.25, -0.2) is 4.98 Å². The largest absolute Gasteiger partial charge is 0.340 e. The molecule has 1 aliphatic rings. The maximum Gasteiger partial charge on any atom is 0.253 e. The van der Waals surface area contributed by atoms with Crippen molar-refractivity contribution in [2.24, 2.45) is 12.5 Å². The van der Waals surface area contributed by atoms with Gasteiger partial charge in [-0.3, -0.25) is 9.59 Å². The van der Waals surface area contributed by atoms with E-state index in [1.165, 1.54) is 0 Å². The minimum atomic E-state index is -0.386. The molecule has 0 bridgehead atoms. The number of fused-ring (bicyclic) bond motifs is 1. The molecular formula is C19H26N4O2. The van der Waals surface area contributed by atoms with Crippen molar-refractivity contribution in [3.05, 3.63) is 30.1 Å². The Hall–Kier alpha value is -2.37. The summed E-state index contributed by atoms with van der Waals surface area (Å²) in [5, 5.41) is 0. The Morgan fingerprint density at radius 3 is 2.44 bits per heavy atom. The monoisotopic (exact) mass is 342 g/mol. The molecule has 1 aromatic carbocycles. The van der Waals surface area contributed by atoms with Crippen LogP contribution in [0.3, 0.4) is 0 Å². The number of nitrogens with zero attached hydrogens (tertiary/aromatic N) is 4. The lowest BCUT2D eigenvalue weighted by atomic mass is 9.94. The van der Waals surface area contributed by atoms with Gasteiger partial charge in [-0.2, -0.15) is 0 Å². The molecule has 25 heavy (non-hydrogen) atoms. The van der Waals surface area contributed by atoms with Crippen molar-refractivity contribution in [2.45, 2.75) is 27.2 Å². The van der Waals surface area contributed by atoms with Crippen molar-refractivity contribution in [1.29, 1.82) is 0 Å². The maximum atomic E-state index is 12.9. The van der Waals surface area contributed by atoms with E-state index in [-0.39, 0.29) is 17.2 Å². The zero-order valence-corrected chi connectivity index (χ0v) is 15.5. The Morgan fingerprint density at radius 2 is 1.72 bits per heavy atom. The van der Waals surface area contributed by atoms with Gasteiger partial charge in [0.2, 0.25) is 5.91 Å². The number of benzene rings is 1. The molecule has 0 spiro atoms. The second-order valence-corrected chi connectivity index (χ2v) is 7.75. The number of hydrogen-bond acceptors (Lipinski definition) is 3. The van der Waals surface area contributed by atoms with Crippen LogP contribution < -0.4 is 0 Å². The zero-order chi connectivity index (χ0) is 18.2. The highest BCUT2D eigenvalue weighted by Crippen LogP contribution is 2.20. The predicted molar refractivity (Wildman–Crippen MR) is 97.3 cm³/mol. The van der Waals surface area contributed by atoms with Gasteiger partial charge in [0, 0.05) is 44.2 Å². The molecule has 0 radical (unpaired) electrons. The Balaban J connectivity index is 1.73. The summed E-state index contributed by atoms with van der Waals surface area (Å²) in [6.07, 6.45) is 2.56. The van der Waals surface area contributed by atoms with Gasteiger partial charge < -0.3 is 14.4 Å². The number of rotatable bonds is 1. The van der Waals surface area contributed by atoms with Crippen LogP contribution in [0.4, 0.5) is 0 Å². The molecule has 1 aromatic heterocycles. The van der Waals surface area contributed by atoms with Gasteiger partial charge in [0.15, 0.2) is 0 Å². The van der Waals surface area contributed by atoms with E-state index in [0.717, 1.165) is 17.5 Å². The Morgan fingerprint density at radius 1 is 1.04 bits per heavy atom. The summed E-state index contributed by atoms with van der Waals surface area (Å²) in [6.45, 7) is 8.35. The number of carbonyl (C=O) groups excluding carboxylic acids is 2. The zero-order valence-electron chi connectivity index (χ0n) is 15.5. The van der Waals surface area contributed by atoms with E-state index in [1.54, 1.807) is 6.33 Å². The summed E-state index contributed by atoms with van der Waals surface area (Å²) >= 11 is 0. The Bertz CT molecular complexity index is 803. The van der Waals surface area contributed by atoms with Crippen molar-refractivity contribution in [3.63, 3.8) is 0 Å². The topological polar surface area (TPSA) is 58.4 Å². The normalized spacial score (nSPS) is 16.2. The van der Waals surface area contributed by atoms with E-state index in [4.69, 9.17) is 0 Å². The number of aryl methyl sites for hydroxylation is 1. The lowest BCUT2D eigenvalue weighted by Crippen LogP contribution is -2.42. The molecule has 6 nitrogen and oxygen atoms in total. The lowest BCUT2D eigenvalue weighted by molar-refractivity contribution is -0.139. The molecule has 2 aromatic rings. The van der Waals surface area contributed by atoms with Gasteiger partial charge in [-0.1, -0.05) is 20.8 Å². The molecule has 1 saturated heterocycles. The number of hydrogen-bond donors (Lipinski definition) is 0. The molecule has 0 aliphatic carbocycles. The van der Waals surface area contributed by atoms with Gasteiger partial charge >= 0.3 is 0 Å². The molecule has 0 atom stereocenters. The first-order valence-corrected chi connectivity index (χ1v) is 8.77. The van der Waals surface area contributed by atoms with Crippen LogP contribution in [0.25, 0.3) is 11.0 Å². The number of carbonyl (C=O) groups is 2. The van der Waals surface area contributed by atoms with Crippen LogP contribution in [0.15, 0.2) is 24.5 Å². The first-order valence-electron chi connectivity index (χ1n) is 8.77. The van der Waals surface area contributed by atoms with Gasteiger partial charge in [0.05, 0.1) is 17.4 Å². The van der Waals surface area contributed by atoms with Crippen LogP contribution in [-0.2, 0) is 11.8 Å². The third kappa shape index (κ3) is 3.52. The van der Waals surface area contributed by atoms with Gasteiger partial charge in [-0.05, 0) is 24.6 Å². The quantitative estimate of drug-likeness (QED) is 0.799. The smallest absolute Gasteiger partial charge is 0.253 e. The fraction of sp³-hybridized carbons (Fsp3) is 0.526. The van der Waals surface area contributed by atoms with Crippen molar-refractivity contribution >= 4 is 22.8 Å². The van der Waals surface area contributed by atoms with Crippen LogP contribution in [0.1, 0.15) is 37.6 Å². The molecule has 2 amide bonds. The number of amides is 2. The van der Waals surface area contributed by atoms with E-state index in [1.807, 2.05) is 60.4 Å². The average Bonchev–Trinajstić information content (AvgIpc) is 2.79. The Kier molecular flexibility index (Phi) is 4.54. The van der Waals surface area contributed by atoms with E-state index in [2.05, 4.69) is 4.98 Å². The molecule has 134 valence electrons. The minimum absolute atomic E-state index is 0.0117. The molecule has 0 saturated carbocycles. The van der Waals surface area contributed by atoms with Crippen LogP contribution in [0, 0.1) is 5.41 Å². The summed E-state index contributed by atoms with van der Waals surface area (Å²) in [6, 6.07) is 5.64. The third-order valence-electron chi connectivity index (χ3n) is 4.68. The van der Waals surface area contributed by atoms with Crippen molar-refractivity contribution < 1.29 is 9.59 Å². The predicted octanol–water partition coefficient (Wildman–Crippen LogP) is 2.29. The molecule has 0 unspecified atom stereocenters. The first-order chi connectivity index (χ1) is 11.8. The molecule has 1 aliphatic heterocycles. The first kappa shape index (κ1) is 17.5. The highest BCUT2D eigenvalue weighted by Gasteiger charge is 2.29. The van der Waals surface area contributed by atoms with Crippen LogP contribution in [0.5, 0.6) is 0 Å². The fourth-order valence-corrected chi connectivity index (χ4v) is 3.25. The van der Waals surface area contributed by atoms with E-state index < -0.39 is 0 Å². The molecule has 2 heterocycles. The van der Waals surface area contributed by atoms with Crippen molar-refractivity contribution in [3.8, 4) is 0 Å². The van der Waals surface area contributed by atoms with E-state index in [0.29, 0.717) is 31.7 Å². The SMILES string of the molecule is Cn1cnc2cc(C(=O)N3CCCN(C(=O)C(C)(C)C)CC3)ccc21. The maximum absolute atomic E-state index is 12.9. The molecule has 3 rings (SSSR count). The van der Waals surface area contributed by atoms with Gasteiger partial charge in [0.1, 0.15) is 0 Å². The molecule has 0 N–H and O–H groups in total. The second-order valence-electron chi connectivity index (χ2n) is 7.75. The summed E-state index contributed by atoms with van der Waals surface area (Å²) in [5.41, 5.74) is 2.10. The summed E-state index contributed by atoms with van der Waals surface area (Å²) < 4.78 is 1.94. The number of aromatic nitrogens is 2. The van der Waals surface area contributed by atoms with E-state index >= 15 is 0 Å². The molecule has 6 heteroatoms. The van der Waals surface area contributed by atoms with Crippen LogP contribution in [-0.4, -0.2) is 57.3 Å². The second kappa shape index (κ2) is 6.50. The summed E-state index contributed by atoms with van der Waals surface area (Å²) in [7, 11) is 1.94. The molecule has 1 fully saturated rings. The van der Waals surface area contributed by atoms with Crippen LogP contribution >= 0.6 is 0 Å². The summed E-state index contributed by atoms with van der Waals surface area (Å²) in [4.78, 5) is 33.4. The van der Waals surface area contributed by atoms with Gasteiger partial charge in [-0.15, -0.1) is 0 Å². The van der Waals surface area contributed by atoms with E-state index in [9.17, 15) is 9.59 Å².